The van der Waals surface area contributed by atoms with E-state index in [1.807, 2.05) is 0 Å². The third kappa shape index (κ3) is 2.86. The van der Waals surface area contributed by atoms with E-state index in [4.69, 9.17) is 0 Å². The second-order valence-electron chi connectivity index (χ2n) is 10.9. The quantitative estimate of drug-likeness (QED) is 0.596. The molecule has 1 amide bonds. The summed E-state index contributed by atoms with van der Waals surface area (Å²) >= 11 is 0. The van der Waals surface area contributed by atoms with Crippen LogP contribution >= 0.6 is 0 Å². The first-order valence-corrected chi connectivity index (χ1v) is 11.1. The van der Waals surface area contributed by atoms with Gasteiger partial charge in [0.25, 0.3) is 0 Å². The number of hydrogen-bond donors (Lipinski definition) is 0. The van der Waals surface area contributed by atoms with Crippen LogP contribution in [-0.2, 0) is 10.2 Å². The van der Waals surface area contributed by atoms with Gasteiger partial charge < -0.3 is 0 Å². The first-order chi connectivity index (χ1) is 14.1. The molecule has 2 atom stereocenters. The van der Waals surface area contributed by atoms with Gasteiger partial charge in [0.15, 0.2) is 0 Å². The smallest absolute Gasteiger partial charge is 0.239 e. The van der Waals surface area contributed by atoms with E-state index in [0.717, 1.165) is 6.42 Å². The first kappa shape index (κ1) is 19.6. The van der Waals surface area contributed by atoms with Crippen molar-refractivity contribution >= 4 is 17.6 Å². The summed E-state index contributed by atoms with van der Waals surface area (Å²) in [5.74, 6) is 0.256. The largest absolute Gasteiger partial charge is 0.273 e. The van der Waals surface area contributed by atoms with E-state index in [0.29, 0.717) is 6.42 Å². The number of rotatable bonds is 1. The van der Waals surface area contributed by atoms with Gasteiger partial charge in [-0.15, -0.1) is 0 Å². The molecule has 3 heterocycles. The predicted molar refractivity (Wildman–Crippen MR) is 123 cm³/mol. The standard InChI is InChI=1S/C27H32N2O/c1-17-7-12-20-21(13-17)22(14-18-8-10-19(11-9-18)26(2,3)4)23-15-24(20)29-27(5,6)16-25(30)28(23)29/h7-14,23-24H,15-16H2,1-6H3/b22-14-/t23-,24?/m0/s1. The van der Waals surface area contributed by atoms with Gasteiger partial charge in [0.1, 0.15) is 0 Å². The summed E-state index contributed by atoms with van der Waals surface area (Å²) in [5, 5.41) is 4.45. The van der Waals surface area contributed by atoms with Crippen LogP contribution in [0, 0.1) is 6.92 Å². The molecule has 3 heteroatoms. The Labute approximate surface area is 180 Å². The molecule has 0 aliphatic carbocycles. The van der Waals surface area contributed by atoms with Crippen molar-refractivity contribution in [1.29, 1.82) is 0 Å². The van der Waals surface area contributed by atoms with Crippen LogP contribution in [-0.4, -0.2) is 27.5 Å². The molecule has 0 radical (unpaired) electrons. The number of nitrogens with zero attached hydrogens (tertiary/aromatic N) is 2. The molecule has 3 nitrogen and oxygen atoms in total. The fourth-order valence-electron chi connectivity index (χ4n) is 5.59. The summed E-state index contributed by atoms with van der Waals surface area (Å²) in [7, 11) is 0. The number of benzene rings is 2. The number of hydrogen-bond acceptors (Lipinski definition) is 2. The topological polar surface area (TPSA) is 23.6 Å². The van der Waals surface area contributed by atoms with Crippen molar-refractivity contribution in [1.82, 2.24) is 10.0 Å². The highest BCUT2D eigenvalue weighted by atomic mass is 16.2. The van der Waals surface area contributed by atoms with Gasteiger partial charge in [0, 0.05) is 12.0 Å². The molecule has 156 valence electrons. The lowest BCUT2D eigenvalue weighted by Gasteiger charge is -2.35. The highest BCUT2D eigenvalue weighted by molar-refractivity contribution is 5.92. The third-order valence-electron chi connectivity index (χ3n) is 7.07. The summed E-state index contributed by atoms with van der Waals surface area (Å²) in [4.78, 5) is 13.0. The van der Waals surface area contributed by atoms with E-state index in [1.165, 1.54) is 33.4 Å². The van der Waals surface area contributed by atoms with Crippen LogP contribution in [0.5, 0.6) is 0 Å². The lowest BCUT2D eigenvalue weighted by atomic mass is 9.79. The molecular formula is C27H32N2O. The first-order valence-electron chi connectivity index (χ1n) is 11.1. The van der Waals surface area contributed by atoms with Gasteiger partial charge in [0.2, 0.25) is 5.91 Å². The van der Waals surface area contributed by atoms with Crippen molar-refractivity contribution < 1.29 is 4.79 Å². The number of aryl methyl sites for hydroxylation is 1. The van der Waals surface area contributed by atoms with Gasteiger partial charge in [-0.25, -0.2) is 5.01 Å². The summed E-state index contributed by atoms with van der Waals surface area (Å²) < 4.78 is 0. The van der Waals surface area contributed by atoms with E-state index in [1.54, 1.807) is 0 Å². The highest BCUT2D eigenvalue weighted by Crippen LogP contribution is 2.55. The minimum atomic E-state index is -0.136. The van der Waals surface area contributed by atoms with E-state index in [2.05, 4.69) is 100 Å². The molecule has 2 aromatic carbocycles. The SMILES string of the molecule is Cc1ccc2c(c1)/C(=C/c1ccc(C(C)(C)C)cc1)[C@@H]1CC2N2N1C(=O)CC2(C)C. The fraction of sp³-hybridized carbons (Fsp3) is 0.444. The Morgan fingerprint density at radius 2 is 1.73 bits per heavy atom. The maximum absolute atomic E-state index is 13.0. The Bertz CT molecular complexity index is 1060. The zero-order valence-corrected chi connectivity index (χ0v) is 19.0. The van der Waals surface area contributed by atoms with Crippen molar-refractivity contribution in [3.8, 4) is 0 Å². The van der Waals surface area contributed by atoms with Gasteiger partial charge in [-0.1, -0.05) is 68.8 Å². The van der Waals surface area contributed by atoms with Crippen LogP contribution in [0.4, 0.5) is 0 Å². The van der Waals surface area contributed by atoms with Gasteiger partial charge in [0.05, 0.1) is 12.1 Å². The highest BCUT2D eigenvalue weighted by Gasteiger charge is 2.58. The molecule has 0 spiro atoms. The zero-order valence-electron chi connectivity index (χ0n) is 19.0. The Hall–Kier alpha value is -2.39. The lowest BCUT2D eigenvalue weighted by Crippen LogP contribution is -2.44. The number of fused-ring (bicyclic) bond motifs is 2. The number of amides is 1. The second kappa shape index (κ2) is 6.31. The molecule has 3 aliphatic heterocycles. The summed E-state index contributed by atoms with van der Waals surface area (Å²) in [5.41, 5.74) is 7.78. The Morgan fingerprint density at radius 1 is 1.03 bits per heavy atom. The van der Waals surface area contributed by atoms with Crippen molar-refractivity contribution in [3.63, 3.8) is 0 Å². The van der Waals surface area contributed by atoms with Crippen LogP contribution in [0.2, 0.25) is 0 Å². The third-order valence-corrected chi connectivity index (χ3v) is 7.07. The van der Waals surface area contributed by atoms with Crippen LogP contribution in [0.25, 0.3) is 11.6 Å². The average Bonchev–Trinajstić information content (AvgIpc) is 3.13. The molecule has 3 aliphatic rings. The normalized spacial score (nSPS) is 26.3. The predicted octanol–water partition coefficient (Wildman–Crippen LogP) is 5.89. The summed E-state index contributed by atoms with van der Waals surface area (Å²) in [6.07, 6.45) is 3.89. The number of hydrazine groups is 1. The number of carbonyl (C=O) groups excluding carboxylic acids is 1. The molecule has 2 aromatic rings. The van der Waals surface area contributed by atoms with E-state index in [9.17, 15) is 4.79 Å². The Kier molecular flexibility index (Phi) is 4.11. The van der Waals surface area contributed by atoms with E-state index < -0.39 is 0 Å². The molecule has 0 aromatic heterocycles. The van der Waals surface area contributed by atoms with Crippen molar-refractivity contribution in [2.75, 3.05) is 0 Å². The molecular weight excluding hydrogens is 368 g/mol. The minimum Gasteiger partial charge on any atom is -0.273 e. The van der Waals surface area contributed by atoms with Crippen molar-refractivity contribution in [2.45, 2.75) is 77.4 Å². The molecule has 0 N–H and O–H groups in total. The zero-order chi connectivity index (χ0) is 21.4. The Balaban J connectivity index is 1.65. The van der Waals surface area contributed by atoms with Crippen LogP contribution < -0.4 is 0 Å². The van der Waals surface area contributed by atoms with Gasteiger partial charge in [-0.05, 0) is 66.5 Å². The van der Waals surface area contributed by atoms with E-state index >= 15 is 0 Å². The Morgan fingerprint density at radius 3 is 2.40 bits per heavy atom. The van der Waals surface area contributed by atoms with Crippen LogP contribution in [0.15, 0.2) is 42.5 Å². The van der Waals surface area contributed by atoms with Crippen LogP contribution in [0.1, 0.15) is 81.3 Å². The molecule has 2 saturated heterocycles. The molecule has 2 bridgehead atoms. The molecule has 30 heavy (non-hydrogen) atoms. The van der Waals surface area contributed by atoms with Gasteiger partial charge >= 0.3 is 0 Å². The lowest BCUT2D eigenvalue weighted by molar-refractivity contribution is -0.138. The maximum Gasteiger partial charge on any atom is 0.239 e. The molecule has 0 saturated carbocycles. The summed E-state index contributed by atoms with van der Waals surface area (Å²) in [6, 6.07) is 16.1. The van der Waals surface area contributed by atoms with Crippen molar-refractivity contribution in [2.24, 2.45) is 0 Å². The fourth-order valence-corrected chi connectivity index (χ4v) is 5.59. The average molecular weight is 401 g/mol. The van der Waals surface area contributed by atoms with Gasteiger partial charge in [-0.2, -0.15) is 0 Å². The van der Waals surface area contributed by atoms with Gasteiger partial charge in [-0.3, -0.25) is 9.80 Å². The molecule has 5 rings (SSSR count). The number of carbonyl (C=O) groups is 1. The van der Waals surface area contributed by atoms with Crippen LogP contribution in [0.3, 0.4) is 0 Å². The van der Waals surface area contributed by atoms with Crippen molar-refractivity contribution in [3.05, 3.63) is 70.3 Å². The molecule has 1 unspecified atom stereocenters. The summed E-state index contributed by atoms with van der Waals surface area (Å²) in [6.45, 7) is 13.3. The monoisotopic (exact) mass is 400 g/mol. The van der Waals surface area contributed by atoms with E-state index in [-0.39, 0.29) is 28.9 Å². The minimum absolute atomic E-state index is 0.126. The molecule has 2 fully saturated rings. The maximum atomic E-state index is 13.0. The second-order valence-corrected chi connectivity index (χ2v) is 10.9.